The molecule has 94 valence electrons. The van der Waals surface area contributed by atoms with Gasteiger partial charge in [-0.3, -0.25) is 15.1 Å². The Hall–Kier alpha value is -2.37. The molecule has 0 amide bonds. The molecule has 2 N–H and O–H groups in total. The molecule has 2 heterocycles. The standard InChI is InChI=1S/C12H14N4O2/c17-16(18)11(8-10-2-6-13-7-3-10)9-12-14-4-1-5-15-12/h1-4,6-7,9,11,14-15H,5,8H2. The van der Waals surface area contributed by atoms with Gasteiger partial charge in [0.05, 0.1) is 0 Å². The Bertz CT molecular complexity index is 470. The lowest BCUT2D eigenvalue weighted by molar-refractivity contribution is -0.509. The summed E-state index contributed by atoms with van der Waals surface area (Å²) >= 11 is 0. The van der Waals surface area contributed by atoms with Crippen LogP contribution in [-0.2, 0) is 6.42 Å². The normalized spacial score (nSPS) is 17.9. The van der Waals surface area contributed by atoms with Gasteiger partial charge in [0.2, 0.25) is 6.04 Å². The quantitative estimate of drug-likeness (QED) is 0.607. The highest BCUT2D eigenvalue weighted by molar-refractivity contribution is 5.15. The summed E-state index contributed by atoms with van der Waals surface area (Å²) in [7, 11) is 0. The predicted octanol–water partition coefficient (Wildman–Crippen LogP) is 0.817. The zero-order valence-corrected chi connectivity index (χ0v) is 9.74. The van der Waals surface area contributed by atoms with Crippen LogP contribution in [0, 0.1) is 10.1 Å². The smallest absolute Gasteiger partial charge is 0.239 e. The first-order chi connectivity index (χ1) is 8.75. The van der Waals surface area contributed by atoms with Crippen molar-refractivity contribution in [2.45, 2.75) is 12.5 Å². The Morgan fingerprint density at radius 2 is 2.28 bits per heavy atom. The highest BCUT2D eigenvalue weighted by atomic mass is 16.6. The van der Waals surface area contributed by atoms with Crippen LogP contribution in [0.5, 0.6) is 0 Å². The average Bonchev–Trinajstić information content (AvgIpc) is 2.40. The van der Waals surface area contributed by atoms with E-state index >= 15 is 0 Å². The Kier molecular flexibility index (Phi) is 3.90. The van der Waals surface area contributed by atoms with Crippen LogP contribution in [0.25, 0.3) is 0 Å². The van der Waals surface area contributed by atoms with Gasteiger partial charge in [0.15, 0.2) is 0 Å². The molecule has 0 fully saturated rings. The van der Waals surface area contributed by atoms with Gasteiger partial charge in [-0.15, -0.1) is 0 Å². The minimum Gasteiger partial charge on any atom is -0.368 e. The number of rotatable bonds is 4. The molecule has 1 aliphatic heterocycles. The molecule has 2 rings (SSSR count). The largest absolute Gasteiger partial charge is 0.368 e. The van der Waals surface area contributed by atoms with E-state index in [1.54, 1.807) is 36.8 Å². The first-order valence-electron chi connectivity index (χ1n) is 5.65. The molecule has 18 heavy (non-hydrogen) atoms. The van der Waals surface area contributed by atoms with Gasteiger partial charge >= 0.3 is 0 Å². The molecule has 0 aromatic carbocycles. The molecule has 0 bridgehead atoms. The third kappa shape index (κ3) is 3.31. The van der Waals surface area contributed by atoms with E-state index in [1.165, 1.54) is 0 Å². The SMILES string of the molecule is O=[N+]([O-])C(C=C1NC=CCN1)Cc1ccncc1. The van der Waals surface area contributed by atoms with E-state index in [0.717, 1.165) is 5.56 Å². The predicted molar refractivity (Wildman–Crippen MR) is 67.1 cm³/mol. The van der Waals surface area contributed by atoms with Crippen LogP contribution in [0.4, 0.5) is 0 Å². The number of nitro groups is 1. The maximum absolute atomic E-state index is 11.0. The number of hydrogen-bond acceptors (Lipinski definition) is 5. The molecule has 0 saturated heterocycles. The highest BCUT2D eigenvalue weighted by Gasteiger charge is 2.19. The molecule has 0 aliphatic carbocycles. The van der Waals surface area contributed by atoms with Gasteiger partial charge < -0.3 is 10.6 Å². The molecule has 6 heteroatoms. The number of nitrogens with one attached hydrogen (secondary N) is 2. The summed E-state index contributed by atoms with van der Waals surface area (Å²) in [6, 6.07) is 2.82. The van der Waals surface area contributed by atoms with Crippen LogP contribution in [0.1, 0.15) is 5.56 Å². The second-order valence-corrected chi connectivity index (χ2v) is 3.92. The fraction of sp³-hybridized carbons (Fsp3) is 0.250. The number of pyridine rings is 1. The third-order valence-electron chi connectivity index (χ3n) is 2.59. The molecule has 6 nitrogen and oxygen atoms in total. The van der Waals surface area contributed by atoms with Crippen LogP contribution in [0.15, 0.2) is 48.7 Å². The molecule has 1 aromatic heterocycles. The summed E-state index contributed by atoms with van der Waals surface area (Å²) in [5.74, 6) is 0.674. The van der Waals surface area contributed by atoms with Crippen molar-refractivity contribution in [2.24, 2.45) is 0 Å². The topological polar surface area (TPSA) is 80.1 Å². The molecule has 1 aromatic rings. The molecule has 1 unspecified atom stereocenters. The maximum atomic E-state index is 11.0. The van der Waals surface area contributed by atoms with E-state index in [-0.39, 0.29) is 4.92 Å². The molecular formula is C12H14N4O2. The lowest BCUT2D eigenvalue weighted by atomic mass is 10.1. The van der Waals surface area contributed by atoms with Crippen molar-refractivity contribution in [3.63, 3.8) is 0 Å². The van der Waals surface area contributed by atoms with Gasteiger partial charge in [-0.05, 0) is 23.8 Å². The van der Waals surface area contributed by atoms with Gasteiger partial charge in [-0.25, -0.2) is 0 Å². The fourth-order valence-corrected chi connectivity index (χ4v) is 1.68. The molecule has 1 atom stereocenters. The minimum atomic E-state index is -0.756. The van der Waals surface area contributed by atoms with E-state index in [9.17, 15) is 10.1 Å². The van der Waals surface area contributed by atoms with Gasteiger partial charge in [-0.1, -0.05) is 0 Å². The van der Waals surface area contributed by atoms with Crippen molar-refractivity contribution in [2.75, 3.05) is 6.54 Å². The Morgan fingerprint density at radius 3 is 2.89 bits per heavy atom. The number of hydrogen-bond donors (Lipinski definition) is 2. The van der Waals surface area contributed by atoms with Crippen LogP contribution in [0.2, 0.25) is 0 Å². The van der Waals surface area contributed by atoms with Crippen molar-refractivity contribution in [1.29, 1.82) is 0 Å². The van der Waals surface area contributed by atoms with Gasteiger partial charge in [-0.2, -0.15) is 0 Å². The summed E-state index contributed by atoms with van der Waals surface area (Å²) in [5.41, 5.74) is 0.898. The summed E-state index contributed by atoms with van der Waals surface area (Å²) in [5, 5.41) is 17.0. The van der Waals surface area contributed by atoms with Crippen LogP contribution in [0.3, 0.4) is 0 Å². The summed E-state index contributed by atoms with van der Waals surface area (Å²) in [4.78, 5) is 14.7. The monoisotopic (exact) mass is 246 g/mol. The summed E-state index contributed by atoms with van der Waals surface area (Å²) < 4.78 is 0. The van der Waals surface area contributed by atoms with E-state index < -0.39 is 6.04 Å². The zero-order valence-electron chi connectivity index (χ0n) is 9.74. The van der Waals surface area contributed by atoms with Crippen molar-refractivity contribution in [1.82, 2.24) is 15.6 Å². The van der Waals surface area contributed by atoms with Crippen molar-refractivity contribution in [3.8, 4) is 0 Å². The van der Waals surface area contributed by atoms with Gasteiger partial charge in [0, 0.05) is 42.6 Å². The number of aromatic nitrogens is 1. The Morgan fingerprint density at radius 1 is 1.50 bits per heavy atom. The van der Waals surface area contributed by atoms with E-state index in [4.69, 9.17) is 0 Å². The minimum absolute atomic E-state index is 0.283. The highest BCUT2D eigenvalue weighted by Crippen LogP contribution is 2.07. The Labute approximate surface area is 105 Å². The van der Waals surface area contributed by atoms with Crippen molar-refractivity contribution < 1.29 is 4.92 Å². The molecule has 0 saturated carbocycles. The first kappa shape index (κ1) is 12.1. The zero-order chi connectivity index (χ0) is 12.8. The second kappa shape index (κ2) is 5.81. The van der Waals surface area contributed by atoms with E-state index in [0.29, 0.717) is 18.8 Å². The molecule has 0 spiro atoms. The van der Waals surface area contributed by atoms with Crippen LogP contribution >= 0.6 is 0 Å². The Balaban J connectivity index is 2.09. The number of nitrogens with zero attached hydrogens (tertiary/aromatic N) is 2. The van der Waals surface area contributed by atoms with Gasteiger partial charge in [0.1, 0.15) is 5.82 Å². The summed E-state index contributed by atoms with van der Waals surface area (Å²) in [6.45, 7) is 0.679. The van der Waals surface area contributed by atoms with Crippen LogP contribution < -0.4 is 10.6 Å². The lowest BCUT2D eigenvalue weighted by Crippen LogP contribution is -2.31. The molecule has 1 aliphatic rings. The van der Waals surface area contributed by atoms with Crippen molar-refractivity contribution in [3.05, 3.63) is 64.4 Å². The average molecular weight is 246 g/mol. The fourth-order valence-electron chi connectivity index (χ4n) is 1.68. The van der Waals surface area contributed by atoms with E-state index in [1.807, 2.05) is 6.08 Å². The molecular weight excluding hydrogens is 232 g/mol. The summed E-state index contributed by atoms with van der Waals surface area (Å²) in [6.07, 6.45) is 8.90. The molecule has 0 radical (unpaired) electrons. The lowest BCUT2D eigenvalue weighted by Gasteiger charge is -2.15. The van der Waals surface area contributed by atoms with Crippen molar-refractivity contribution >= 4 is 0 Å². The first-order valence-corrected chi connectivity index (χ1v) is 5.65. The van der Waals surface area contributed by atoms with Crippen LogP contribution in [-0.4, -0.2) is 22.5 Å². The third-order valence-corrected chi connectivity index (χ3v) is 2.59. The maximum Gasteiger partial charge on any atom is 0.239 e. The second-order valence-electron chi connectivity index (χ2n) is 3.92. The van der Waals surface area contributed by atoms with E-state index in [2.05, 4.69) is 15.6 Å². The van der Waals surface area contributed by atoms with Gasteiger partial charge in [0.25, 0.3) is 0 Å².